The Morgan fingerprint density at radius 2 is 1.93 bits per heavy atom. The molecule has 150 valence electrons. The minimum atomic E-state index is 0.0895. The number of methoxy groups -OCH3 is 1. The Labute approximate surface area is 183 Å². The van der Waals surface area contributed by atoms with Crippen molar-refractivity contribution in [1.82, 2.24) is 14.8 Å². The van der Waals surface area contributed by atoms with Crippen molar-refractivity contribution in [3.8, 4) is 17.0 Å². The maximum Gasteiger partial charge on any atom is 0.255 e. The third-order valence-corrected chi connectivity index (χ3v) is 6.56. The number of aromatic nitrogens is 1. The molecule has 0 radical (unpaired) electrons. The summed E-state index contributed by atoms with van der Waals surface area (Å²) in [5, 5.41) is 3.19. The summed E-state index contributed by atoms with van der Waals surface area (Å²) < 4.78 is 6.15. The summed E-state index contributed by atoms with van der Waals surface area (Å²) in [5.41, 5.74) is 2.77. The molecule has 1 amide bonds. The highest BCUT2D eigenvalue weighted by atomic mass is 79.9. The smallest absolute Gasteiger partial charge is 0.255 e. The number of ether oxygens (including phenoxy) is 1. The lowest BCUT2D eigenvalue weighted by atomic mass is 10.1. The lowest BCUT2D eigenvalue weighted by Crippen LogP contribution is -2.48. The van der Waals surface area contributed by atoms with Crippen LogP contribution in [0.15, 0.2) is 58.4 Å². The van der Waals surface area contributed by atoms with Crippen LogP contribution in [0.1, 0.15) is 15.4 Å². The van der Waals surface area contributed by atoms with E-state index in [1.165, 1.54) is 0 Å². The monoisotopic (exact) mass is 471 g/mol. The molecule has 3 aromatic rings. The van der Waals surface area contributed by atoms with Crippen LogP contribution in [0.3, 0.4) is 0 Å². The van der Waals surface area contributed by atoms with E-state index in [1.807, 2.05) is 53.4 Å². The maximum absolute atomic E-state index is 12.8. The maximum atomic E-state index is 12.8. The number of rotatable bonds is 5. The van der Waals surface area contributed by atoms with Crippen molar-refractivity contribution in [2.24, 2.45) is 0 Å². The van der Waals surface area contributed by atoms with E-state index >= 15 is 0 Å². The zero-order chi connectivity index (χ0) is 20.2. The number of benzene rings is 2. The van der Waals surface area contributed by atoms with Crippen LogP contribution in [-0.2, 0) is 6.54 Å². The van der Waals surface area contributed by atoms with Gasteiger partial charge in [0.05, 0.1) is 24.9 Å². The Kier molecular flexibility index (Phi) is 6.28. The van der Waals surface area contributed by atoms with E-state index < -0.39 is 0 Å². The standard InChI is InChI=1S/C22H22BrN3O2S/c1-28-17-6-4-5-16(13-17)20-15-29-21(24-20)14-25-9-11-26(12-10-25)22(27)18-7-2-3-8-19(18)23/h2-8,13,15H,9-12,14H2,1H3. The summed E-state index contributed by atoms with van der Waals surface area (Å²) in [7, 11) is 1.67. The average Bonchev–Trinajstić information content (AvgIpc) is 3.23. The fraction of sp³-hybridized carbons (Fsp3) is 0.273. The van der Waals surface area contributed by atoms with Gasteiger partial charge in [-0.15, -0.1) is 11.3 Å². The van der Waals surface area contributed by atoms with Crippen molar-refractivity contribution in [2.75, 3.05) is 33.3 Å². The van der Waals surface area contributed by atoms with E-state index in [0.717, 1.165) is 64.8 Å². The predicted octanol–water partition coefficient (Wildman–Crippen LogP) is 4.54. The number of piperazine rings is 1. The highest BCUT2D eigenvalue weighted by Crippen LogP contribution is 2.26. The molecule has 2 heterocycles. The molecule has 2 aromatic carbocycles. The molecule has 0 aliphatic carbocycles. The van der Waals surface area contributed by atoms with Gasteiger partial charge in [0.2, 0.25) is 0 Å². The van der Waals surface area contributed by atoms with Gasteiger partial charge in [0.1, 0.15) is 10.8 Å². The first-order chi connectivity index (χ1) is 14.1. The molecule has 0 saturated carbocycles. The molecule has 1 aliphatic heterocycles. The summed E-state index contributed by atoms with van der Waals surface area (Å²) in [6, 6.07) is 15.6. The minimum Gasteiger partial charge on any atom is -0.497 e. The Balaban J connectivity index is 1.35. The van der Waals surface area contributed by atoms with E-state index in [-0.39, 0.29) is 5.91 Å². The number of hydrogen-bond acceptors (Lipinski definition) is 5. The van der Waals surface area contributed by atoms with E-state index in [9.17, 15) is 4.79 Å². The zero-order valence-corrected chi connectivity index (χ0v) is 18.6. The van der Waals surface area contributed by atoms with Crippen molar-refractivity contribution < 1.29 is 9.53 Å². The van der Waals surface area contributed by atoms with Crippen LogP contribution in [0.4, 0.5) is 0 Å². The number of nitrogens with zero attached hydrogens (tertiary/aromatic N) is 3. The van der Waals surface area contributed by atoms with Crippen molar-refractivity contribution >= 4 is 33.2 Å². The summed E-state index contributed by atoms with van der Waals surface area (Å²) in [6.45, 7) is 3.97. The van der Waals surface area contributed by atoms with Crippen molar-refractivity contribution in [2.45, 2.75) is 6.54 Å². The average molecular weight is 472 g/mol. The molecule has 1 fully saturated rings. The molecule has 4 rings (SSSR count). The molecule has 0 bridgehead atoms. The lowest BCUT2D eigenvalue weighted by Gasteiger charge is -2.34. The molecule has 0 N–H and O–H groups in total. The highest BCUT2D eigenvalue weighted by molar-refractivity contribution is 9.10. The van der Waals surface area contributed by atoms with Crippen LogP contribution >= 0.6 is 27.3 Å². The second kappa shape index (κ2) is 9.07. The van der Waals surface area contributed by atoms with Crippen LogP contribution in [0, 0.1) is 0 Å². The van der Waals surface area contributed by atoms with Crippen LogP contribution in [0.25, 0.3) is 11.3 Å². The minimum absolute atomic E-state index is 0.0895. The van der Waals surface area contributed by atoms with Crippen LogP contribution < -0.4 is 4.74 Å². The SMILES string of the molecule is COc1cccc(-c2csc(CN3CCN(C(=O)c4ccccc4Br)CC3)n2)c1. The molecule has 0 unspecified atom stereocenters. The fourth-order valence-electron chi connectivity index (χ4n) is 3.40. The Hall–Kier alpha value is -2.22. The molecule has 0 spiro atoms. The molecule has 5 nitrogen and oxygen atoms in total. The normalized spacial score (nSPS) is 14.8. The third-order valence-electron chi connectivity index (χ3n) is 5.04. The summed E-state index contributed by atoms with van der Waals surface area (Å²) >= 11 is 5.15. The largest absolute Gasteiger partial charge is 0.497 e. The van der Waals surface area contributed by atoms with Gasteiger partial charge in [-0.3, -0.25) is 9.69 Å². The van der Waals surface area contributed by atoms with Crippen molar-refractivity contribution in [3.05, 3.63) is 69.0 Å². The highest BCUT2D eigenvalue weighted by Gasteiger charge is 2.23. The second-order valence-corrected chi connectivity index (χ2v) is 8.70. The molecule has 0 atom stereocenters. The number of hydrogen-bond donors (Lipinski definition) is 0. The van der Waals surface area contributed by atoms with Gasteiger partial charge in [-0.2, -0.15) is 0 Å². The number of carbonyl (C=O) groups excluding carboxylic acids is 1. The topological polar surface area (TPSA) is 45.7 Å². The van der Waals surface area contributed by atoms with Gasteiger partial charge in [-0.25, -0.2) is 4.98 Å². The Morgan fingerprint density at radius 1 is 1.14 bits per heavy atom. The number of amides is 1. The molecular formula is C22H22BrN3O2S. The summed E-state index contributed by atoms with van der Waals surface area (Å²) in [5.74, 6) is 0.926. The first-order valence-corrected chi connectivity index (χ1v) is 11.2. The van der Waals surface area contributed by atoms with Gasteiger partial charge in [0, 0.05) is 41.6 Å². The molecule has 1 aliphatic rings. The van der Waals surface area contributed by atoms with Crippen LogP contribution in [0.5, 0.6) is 5.75 Å². The third kappa shape index (κ3) is 4.69. The van der Waals surface area contributed by atoms with Crippen molar-refractivity contribution in [1.29, 1.82) is 0 Å². The van der Waals surface area contributed by atoms with Crippen molar-refractivity contribution in [3.63, 3.8) is 0 Å². The summed E-state index contributed by atoms with van der Waals surface area (Å²) in [4.78, 5) is 21.8. The van der Waals surface area contributed by atoms with Gasteiger partial charge in [0.25, 0.3) is 5.91 Å². The quantitative estimate of drug-likeness (QED) is 0.547. The second-order valence-electron chi connectivity index (χ2n) is 6.91. The Bertz CT molecular complexity index is 999. The number of halogens is 1. The first kappa shape index (κ1) is 20.1. The van der Waals surface area contributed by atoms with Crippen LogP contribution in [0.2, 0.25) is 0 Å². The molecular weight excluding hydrogens is 450 g/mol. The van der Waals surface area contributed by atoms with Gasteiger partial charge in [0.15, 0.2) is 0 Å². The van der Waals surface area contributed by atoms with E-state index in [0.29, 0.717) is 0 Å². The number of thiazole rings is 1. The molecule has 1 saturated heterocycles. The van der Waals surface area contributed by atoms with E-state index in [1.54, 1.807) is 18.4 Å². The van der Waals surface area contributed by atoms with E-state index in [2.05, 4.69) is 26.2 Å². The fourth-order valence-corrected chi connectivity index (χ4v) is 4.70. The van der Waals surface area contributed by atoms with Gasteiger partial charge >= 0.3 is 0 Å². The van der Waals surface area contributed by atoms with Crippen LogP contribution in [-0.4, -0.2) is 54.0 Å². The van der Waals surface area contributed by atoms with Gasteiger partial charge in [-0.1, -0.05) is 24.3 Å². The molecule has 29 heavy (non-hydrogen) atoms. The number of carbonyl (C=O) groups is 1. The van der Waals surface area contributed by atoms with Gasteiger partial charge < -0.3 is 9.64 Å². The predicted molar refractivity (Wildman–Crippen MR) is 119 cm³/mol. The molecule has 1 aromatic heterocycles. The lowest BCUT2D eigenvalue weighted by molar-refractivity contribution is 0.0627. The van der Waals surface area contributed by atoms with Gasteiger partial charge in [-0.05, 0) is 40.2 Å². The first-order valence-electron chi connectivity index (χ1n) is 9.49. The van der Waals surface area contributed by atoms with E-state index in [4.69, 9.17) is 9.72 Å². The Morgan fingerprint density at radius 3 is 2.69 bits per heavy atom. The molecule has 7 heteroatoms. The summed E-state index contributed by atoms with van der Waals surface area (Å²) in [6.07, 6.45) is 0. The zero-order valence-electron chi connectivity index (χ0n) is 16.2.